The number of aromatic nitrogens is 1. The van der Waals surface area contributed by atoms with Gasteiger partial charge in [0.2, 0.25) is 5.88 Å². The van der Waals surface area contributed by atoms with Gasteiger partial charge in [0.1, 0.15) is 6.61 Å². The Hall–Kier alpha value is -1.47. The SMILES string of the molecule is CC(C)=CCOCc1ccc(OCCOCCOC2CCCCO2)nc1. The summed E-state index contributed by atoms with van der Waals surface area (Å²) in [5, 5.41) is 0. The quantitative estimate of drug-likeness (QED) is 0.417. The van der Waals surface area contributed by atoms with Gasteiger partial charge in [-0.1, -0.05) is 11.6 Å². The fourth-order valence-electron chi connectivity index (χ4n) is 2.37. The van der Waals surface area contributed by atoms with Crippen LogP contribution in [0.25, 0.3) is 0 Å². The van der Waals surface area contributed by atoms with E-state index in [0.29, 0.717) is 45.5 Å². The molecule has 6 nitrogen and oxygen atoms in total. The average molecular weight is 365 g/mol. The van der Waals surface area contributed by atoms with Crippen LogP contribution >= 0.6 is 0 Å². The van der Waals surface area contributed by atoms with Crippen LogP contribution in [-0.4, -0.2) is 50.9 Å². The molecule has 1 unspecified atom stereocenters. The van der Waals surface area contributed by atoms with Crippen LogP contribution in [0.4, 0.5) is 0 Å². The fraction of sp³-hybridized carbons (Fsp3) is 0.650. The van der Waals surface area contributed by atoms with Gasteiger partial charge >= 0.3 is 0 Å². The zero-order valence-corrected chi connectivity index (χ0v) is 15.9. The minimum Gasteiger partial charge on any atom is -0.475 e. The fourth-order valence-corrected chi connectivity index (χ4v) is 2.37. The average Bonchev–Trinajstić information content (AvgIpc) is 2.66. The van der Waals surface area contributed by atoms with Crippen molar-refractivity contribution in [2.75, 3.05) is 39.6 Å². The molecule has 1 aliphatic heterocycles. The number of nitrogens with zero attached hydrogens (tertiary/aromatic N) is 1. The zero-order valence-electron chi connectivity index (χ0n) is 15.9. The molecule has 1 fully saturated rings. The Morgan fingerprint density at radius 2 is 2.04 bits per heavy atom. The third kappa shape index (κ3) is 9.29. The maximum absolute atomic E-state index is 5.60. The number of hydrogen-bond acceptors (Lipinski definition) is 6. The van der Waals surface area contributed by atoms with Gasteiger partial charge in [0.05, 0.1) is 33.0 Å². The largest absolute Gasteiger partial charge is 0.475 e. The molecule has 1 aliphatic rings. The van der Waals surface area contributed by atoms with Crippen LogP contribution in [0.15, 0.2) is 30.0 Å². The van der Waals surface area contributed by atoms with E-state index in [9.17, 15) is 0 Å². The first-order valence-corrected chi connectivity index (χ1v) is 9.34. The molecule has 1 aromatic heterocycles. The molecule has 0 aromatic carbocycles. The highest BCUT2D eigenvalue weighted by Gasteiger charge is 2.13. The molecule has 0 N–H and O–H groups in total. The summed E-state index contributed by atoms with van der Waals surface area (Å²) >= 11 is 0. The van der Waals surface area contributed by atoms with Crippen LogP contribution in [0.1, 0.15) is 38.7 Å². The van der Waals surface area contributed by atoms with E-state index in [1.165, 1.54) is 12.0 Å². The van der Waals surface area contributed by atoms with Crippen molar-refractivity contribution in [3.8, 4) is 5.88 Å². The van der Waals surface area contributed by atoms with Crippen molar-refractivity contribution < 1.29 is 23.7 Å². The van der Waals surface area contributed by atoms with Gasteiger partial charge in [-0.3, -0.25) is 0 Å². The molecule has 1 aromatic rings. The molecule has 0 radical (unpaired) electrons. The molecule has 26 heavy (non-hydrogen) atoms. The lowest BCUT2D eigenvalue weighted by atomic mass is 10.2. The van der Waals surface area contributed by atoms with E-state index in [1.807, 2.05) is 12.1 Å². The van der Waals surface area contributed by atoms with Crippen molar-refractivity contribution in [1.29, 1.82) is 0 Å². The molecule has 0 bridgehead atoms. The third-order valence-corrected chi connectivity index (χ3v) is 3.82. The number of ether oxygens (including phenoxy) is 5. The van der Waals surface area contributed by atoms with Crippen LogP contribution in [-0.2, 0) is 25.6 Å². The van der Waals surface area contributed by atoms with Gasteiger partial charge < -0.3 is 23.7 Å². The number of rotatable bonds is 12. The van der Waals surface area contributed by atoms with Crippen molar-refractivity contribution in [3.63, 3.8) is 0 Å². The van der Waals surface area contributed by atoms with Crippen LogP contribution in [0, 0.1) is 0 Å². The molecule has 1 atom stereocenters. The second kappa shape index (κ2) is 12.8. The van der Waals surface area contributed by atoms with E-state index >= 15 is 0 Å². The minimum absolute atomic E-state index is 0.0580. The normalized spacial score (nSPS) is 17.1. The summed E-state index contributed by atoms with van der Waals surface area (Å²) in [7, 11) is 0. The summed E-state index contributed by atoms with van der Waals surface area (Å²) < 4.78 is 27.7. The van der Waals surface area contributed by atoms with Gasteiger partial charge in [-0.25, -0.2) is 4.98 Å². The Bertz CT molecular complexity index is 507. The Kier molecular flexibility index (Phi) is 10.3. The predicted molar refractivity (Wildman–Crippen MR) is 99.2 cm³/mol. The lowest BCUT2D eigenvalue weighted by Crippen LogP contribution is -2.24. The second-order valence-electron chi connectivity index (χ2n) is 6.43. The van der Waals surface area contributed by atoms with Crippen molar-refractivity contribution in [2.45, 2.75) is 46.0 Å². The molecule has 2 heterocycles. The molecular formula is C20H31NO5. The summed E-state index contributed by atoms with van der Waals surface area (Å²) in [6.07, 6.45) is 7.05. The Morgan fingerprint density at radius 1 is 1.15 bits per heavy atom. The molecule has 6 heteroatoms. The van der Waals surface area contributed by atoms with Gasteiger partial charge in [-0.15, -0.1) is 0 Å². The number of pyridine rings is 1. The van der Waals surface area contributed by atoms with Crippen LogP contribution in [0.2, 0.25) is 0 Å². The highest BCUT2D eigenvalue weighted by atomic mass is 16.7. The highest BCUT2D eigenvalue weighted by molar-refractivity contribution is 5.17. The second-order valence-corrected chi connectivity index (χ2v) is 6.43. The van der Waals surface area contributed by atoms with E-state index in [0.717, 1.165) is 25.0 Å². The highest BCUT2D eigenvalue weighted by Crippen LogP contribution is 2.13. The first-order valence-electron chi connectivity index (χ1n) is 9.34. The standard InChI is InChI=1S/C20H31NO5/c1-17(2)8-10-23-16-18-6-7-19(21-15-18)24-13-11-22-12-14-26-20-5-3-4-9-25-20/h6-8,15,20H,3-5,9-14,16H2,1-2H3. The molecule has 0 spiro atoms. The molecule has 146 valence electrons. The molecule has 2 rings (SSSR count). The van der Waals surface area contributed by atoms with Gasteiger partial charge in [0.15, 0.2) is 6.29 Å². The molecule has 0 saturated carbocycles. The number of allylic oxidation sites excluding steroid dienone is 1. The first kappa shape index (κ1) is 20.8. The van der Waals surface area contributed by atoms with E-state index < -0.39 is 0 Å². The summed E-state index contributed by atoms with van der Waals surface area (Å²) in [6, 6.07) is 3.81. The van der Waals surface area contributed by atoms with Crippen molar-refractivity contribution in [2.24, 2.45) is 0 Å². The number of hydrogen-bond donors (Lipinski definition) is 0. The lowest BCUT2D eigenvalue weighted by molar-refractivity contribution is -0.169. The van der Waals surface area contributed by atoms with Crippen molar-refractivity contribution in [3.05, 3.63) is 35.5 Å². The van der Waals surface area contributed by atoms with Crippen LogP contribution < -0.4 is 4.74 Å². The first-order chi connectivity index (χ1) is 12.7. The van der Waals surface area contributed by atoms with Gasteiger partial charge in [0, 0.05) is 18.9 Å². The molecule has 1 saturated heterocycles. The van der Waals surface area contributed by atoms with Gasteiger partial charge in [-0.2, -0.15) is 0 Å². The van der Waals surface area contributed by atoms with Crippen molar-refractivity contribution >= 4 is 0 Å². The van der Waals surface area contributed by atoms with Gasteiger partial charge in [-0.05, 0) is 44.7 Å². The summed E-state index contributed by atoms with van der Waals surface area (Å²) in [5.41, 5.74) is 2.28. The third-order valence-electron chi connectivity index (χ3n) is 3.82. The summed E-state index contributed by atoms with van der Waals surface area (Å²) in [5.74, 6) is 0.591. The van der Waals surface area contributed by atoms with Gasteiger partial charge in [0.25, 0.3) is 0 Å². The molecule has 0 amide bonds. The lowest BCUT2D eigenvalue weighted by Gasteiger charge is -2.22. The van der Waals surface area contributed by atoms with E-state index in [2.05, 4.69) is 24.9 Å². The monoisotopic (exact) mass is 365 g/mol. The smallest absolute Gasteiger partial charge is 0.213 e. The van der Waals surface area contributed by atoms with E-state index in [1.54, 1.807) is 6.20 Å². The zero-order chi connectivity index (χ0) is 18.5. The van der Waals surface area contributed by atoms with Crippen LogP contribution in [0.3, 0.4) is 0 Å². The maximum atomic E-state index is 5.60. The maximum Gasteiger partial charge on any atom is 0.213 e. The Morgan fingerprint density at radius 3 is 2.77 bits per heavy atom. The summed E-state index contributed by atoms with van der Waals surface area (Å²) in [6.45, 7) is 8.13. The minimum atomic E-state index is -0.0580. The predicted octanol–water partition coefficient (Wildman–Crippen LogP) is 3.50. The van der Waals surface area contributed by atoms with Crippen LogP contribution in [0.5, 0.6) is 5.88 Å². The molecule has 0 aliphatic carbocycles. The molecular weight excluding hydrogens is 334 g/mol. The summed E-state index contributed by atoms with van der Waals surface area (Å²) in [4.78, 5) is 4.27. The Balaban J connectivity index is 1.48. The van der Waals surface area contributed by atoms with E-state index in [-0.39, 0.29) is 6.29 Å². The van der Waals surface area contributed by atoms with Crippen molar-refractivity contribution in [1.82, 2.24) is 4.98 Å². The topological polar surface area (TPSA) is 59.0 Å². The van der Waals surface area contributed by atoms with E-state index in [4.69, 9.17) is 23.7 Å². The Labute approximate surface area is 156 Å².